The van der Waals surface area contributed by atoms with Crippen LogP contribution in [0.2, 0.25) is 0 Å². The van der Waals surface area contributed by atoms with Gasteiger partial charge in [-0.1, -0.05) is 36.8 Å². The molecule has 1 aliphatic carbocycles. The number of rotatable bonds is 1. The van der Waals surface area contributed by atoms with Gasteiger partial charge >= 0.3 is 6.18 Å². The molecule has 0 amide bonds. The second kappa shape index (κ2) is 5.24. The first-order chi connectivity index (χ1) is 8.88. The molecule has 0 saturated heterocycles. The van der Waals surface area contributed by atoms with Gasteiger partial charge in [-0.2, -0.15) is 13.2 Å². The minimum absolute atomic E-state index is 0.531. The van der Waals surface area contributed by atoms with E-state index in [2.05, 4.69) is 26.0 Å². The average Bonchev–Trinajstić information content (AvgIpc) is 2.51. The highest BCUT2D eigenvalue weighted by molar-refractivity contribution is 5.75. The van der Waals surface area contributed by atoms with E-state index >= 15 is 0 Å². The van der Waals surface area contributed by atoms with Gasteiger partial charge in [-0.25, -0.2) is 0 Å². The van der Waals surface area contributed by atoms with Crippen molar-refractivity contribution in [3.05, 3.63) is 53.1 Å². The number of benzene rings is 1. The molecule has 0 heterocycles. The van der Waals surface area contributed by atoms with Crippen LogP contribution in [-0.2, 0) is 6.18 Å². The molecule has 0 fully saturated rings. The quantitative estimate of drug-likeness (QED) is 0.632. The molecule has 1 aromatic rings. The van der Waals surface area contributed by atoms with Gasteiger partial charge in [0.2, 0.25) is 0 Å². The van der Waals surface area contributed by atoms with Crippen LogP contribution in [0.5, 0.6) is 0 Å². The van der Waals surface area contributed by atoms with Gasteiger partial charge in [-0.15, -0.1) is 0 Å². The number of allylic oxidation sites excluding steroid dienone is 4. The fraction of sp³-hybridized carbons (Fsp3) is 0.375. The van der Waals surface area contributed by atoms with Gasteiger partial charge in [0, 0.05) is 0 Å². The van der Waals surface area contributed by atoms with Crippen molar-refractivity contribution in [3.63, 3.8) is 0 Å². The molecule has 3 heteroatoms. The number of alkyl halides is 3. The van der Waals surface area contributed by atoms with E-state index in [4.69, 9.17) is 0 Å². The smallest absolute Gasteiger partial charge is 0.166 e. The van der Waals surface area contributed by atoms with E-state index < -0.39 is 11.7 Å². The van der Waals surface area contributed by atoms with Crippen LogP contribution in [-0.4, -0.2) is 0 Å². The Morgan fingerprint density at radius 2 is 1.74 bits per heavy atom. The van der Waals surface area contributed by atoms with Crippen molar-refractivity contribution in [2.45, 2.75) is 32.9 Å². The standard InChI is InChI=1S/C16H17F3/c1-11-4-3-5-14(10-12(11)2)13-6-8-15(9-7-13)16(17,18)19/h5-11H,3-4H2,1-2H3. The van der Waals surface area contributed by atoms with E-state index in [0.29, 0.717) is 5.92 Å². The maximum absolute atomic E-state index is 12.5. The summed E-state index contributed by atoms with van der Waals surface area (Å²) >= 11 is 0. The number of halogens is 3. The lowest BCUT2D eigenvalue weighted by atomic mass is 9.98. The topological polar surface area (TPSA) is 0 Å². The van der Waals surface area contributed by atoms with Crippen LogP contribution in [0.1, 0.15) is 37.8 Å². The first-order valence-corrected chi connectivity index (χ1v) is 6.44. The molecule has 1 aliphatic rings. The Bertz CT molecular complexity index is 504. The molecule has 0 saturated carbocycles. The molecular weight excluding hydrogens is 249 g/mol. The summed E-state index contributed by atoms with van der Waals surface area (Å²) in [6.07, 6.45) is 1.98. The van der Waals surface area contributed by atoms with Crippen molar-refractivity contribution in [1.82, 2.24) is 0 Å². The predicted molar refractivity (Wildman–Crippen MR) is 71.6 cm³/mol. The fourth-order valence-electron chi connectivity index (χ4n) is 2.22. The number of hydrogen-bond acceptors (Lipinski definition) is 0. The molecule has 102 valence electrons. The molecule has 1 unspecified atom stereocenters. The molecular formula is C16H17F3. The molecule has 19 heavy (non-hydrogen) atoms. The molecule has 0 aromatic heterocycles. The highest BCUT2D eigenvalue weighted by atomic mass is 19.4. The minimum atomic E-state index is -4.27. The van der Waals surface area contributed by atoms with Crippen molar-refractivity contribution < 1.29 is 13.2 Å². The van der Waals surface area contributed by atoms with E-state index in [-0.39, 0.29) is 0 Å². The van der Waals surface area contributed by atoms with Gasteiger partial charge < -0.3 is 0 Å². The van der Waals surface area contributed by atoms with Crippen LogP contribution in [0.3, 0.4) is 0 Å². The monoisotopic (exact) mass is 266 g/mol. The Hall–Kier alpha value is -1.51. The Morgan fingerprint density at radius 1 is 1.11 bits per heavy atom. The van der Waals surface area contributed by atoms with Crippen LogP contribution in [0.25, 0.3) is 5.57 Å². The van der Waals surface area contributed by atoms with Gasteiger partial charge in [0.05, 0.1) is 5.56 Å². The average molecular weight is 266 g/mol. The van der Waals surface area contributed by atoms with Gasteiger partial charge in [-0.05, 0) is 49.0 Å². The summed E-state index contributed by atoms with van der Waals surface area (Å²) in [5.74, 6) is 0.531. The van der Waals surface area contributed by atoms with E-state index in [1.54, 1.807) is 12.1 Å². The van der Waals surface area contributed by atoms with E-state index in [1.165, 1.54) is 5.57 Å². The SMILES string of the molecule is CC1=CC(c2ccc(C(F)(F)F)cc2)=CCCC1C. The number of hydrogen-bond donors (Lipinski definition) is 0. The van der Waals surface area contributed by atoms with Gasteiger partial charge in [0.1, 0.15) is 0 Å². The first-order valence-electron chi connectivity index (χ1n) is 6.44. The van der Waals surface area contributed by atoms with Crippen molar-refractivity contribution in [1.29, 1.82) is 0 Å². The maximum Gasteiger partial charge on any atom is 0.416 e. The third kappa shape index (κ3) is 3.28. The van der Waals surface area contributed by atoms with Crippen LogP contribution in [0.15, 0.2) is 42.0 Å². The Labute approximate surface area is 111 Å². The van der Waals surface area contributed by atoms with Crippen LogP contribution < -0.4 is 0 Å². The van der Waals surface area contributed by atoms with Crippen LogP contribution >= 0.6 is 0 Å². The molecule has 0 N–H and O–H groups in total. The zero-order valence-electron chi connectivity index (χ0n) is 11.1. The normalized spacial score (nSPS) is 20.6. The van der Waals surface area contributed by atoms with Crippen molar-refractivity contribution in [2.24, 2.45) is 5.92 Å². The van der Waals surface area contributed by atoms with Crippen LogP contribution in [0, 0.1) is 5.92 Å². The zero-order valence-corrected chi connectivity index (χ0v) is 11.1. The highest BCUT2D eigenvalue weighted by Crippen LogP contribution is 2.32. The largest absolute Gasteiger partial charge is 0.416 e. The van der Waals surface area contributed by atoms with Gasteiger partial charge in [0.25, 0.3) is 0 Å². The lowest BCUT2D eigenvalue weighted by Gasteiger charge is -2.09. The third-order valence-corrected chi connectivity index (χ3v) is 3.67. The third-order valence-electron chi connectivity index (χ3n) is 3.67. The first kappa shape index (κ1) is 13.9. The second-order valence-corrected chi connectivity index (χ2v) is 5.10. The van der Waals surface area contributed by atoms with E-state index in [0.717, 1.165) is 36.1 Å². The van der Waals surface area contributed by atoms with Crippen molar-refractivity contribution in [3.8, 4) is 0 Å². The Kier molecular flexibility index (Phi) is 3.83. The summed E-state index contributed by atoms with van der Waals surface area (Å²) in [5.41, 5.74) is 2.56. The molecule has 0 radical (unpaired) electrons. The fourth-order valence-corrected chi connectivity index (χ4v) is 2.22. The predicted octanol–water partition coefficient (Wildman–Crippen LogP) is 5.47. The molecule has 1 atom stereocenters. The van der Waals surface area contributed by atoms with E-state index in [9.17, 15) is 13.2 Å². The van der Waals surface area contributed by atoms with Gasteiger partial charge in [0.15, 0.2) is 0 Å². The molecule has 0 aliphatic heterocycles. The molecule has 0 nitrogen and oxygen atoms in total. The molecule has 1 aromatic carbocycles. The lowest BCUT2D eigenvalue weighted by Crippen LogP contribution is -2.04. The summed E-state index contributed by atoms with van der Waals surface area (Å²) in [5, 5.41) is 0. The maximum atomic E-state index is 12.5. The highest BCUT2D eigenvalue weighted by Gasteiger charge is 2.30. The van der Waals surface area contributed by atoms with Crippen molar-refractivity contribution in [2.75, 3.05) is 0 Å². The molecule has 0 spiro atoms. The van der Waals surface area contributed by atoms with Crippen molar-refractivity contribution >= 4 is 5.57 Å². The van der Waals surface area contributed by atoms with Crippen LogP contribution in [0.4, 0.5) is 13.2 Å². The minimum Gasteiger partial charge on any atom is -0.166 e. The second-order valence-electron chi connectivity index (χ2n) is 5.10. The summed E-state index contributed by atoms with van der Waals surface area (Å²) in [6.45, 7) is 4.25. The zero-order chi connectivity index (χ0) is 14.0. The summed E-state index contributed by atoms with van der Waals surface area (Å²) in [4.78, 5) is 0. The Balaban J connectivity index is 2.30. The molecule has 0 bridgehead atoms. The Morgan fingerprint density at radius 3 is 2.32 bits per heavy atom. The summed E-state index contributed by atoms with van der Waals surface area (Å²) < 4.78 is 37.5. The van der Waals surface area contributed by atoms with E-state index in [1.807, 2.05) is 0 Å². The molecule has 2 rings (SSSR count). The summed E-state index contributed by atoms with van der Waals surface area (Å²) in [6, 6.07) is 5.39. The van der Waals surface area contributed by atoms with Gasteiger partial charge in [-0.3, -0.25) is 0 Å². The lowest BCUT2D eigenvalue weighted by molar-refractivity contribution is -0.137. The summed E-state index contributed by atoms with van der Waals surface area (Å²) in [7, 11) is 0.